The predicted molar refractivity (Wildman–Crippen MR) is 46.4 cm³/mol. The molecule has 0 aliphatic rings. The summed E-state index contributed by atoms with van der Waals surface area (Å²) in [7, 11) is -5.57. The molecule has 0 aliphatic carbocycles. The Morgan fingerprint density at radius 1 is 1.50 bits per heavy atom. The van der Waals surface area contributed by atoms with E-state index in [1.54, 1.807) is 6.92 Å². The molecular weight excluding hydrogens is 203 g/mol. The van der Waals surface area contributed by atoms with E-state index in [1.165, 1.54) is 7.11 Å². The van der Waals surface area contributed by atoms with Gasteiger partial charge in [-0.2, -0.15) is 8.42 Å². The van der Waals surface area contributed by atoms with Gasteiger partial charge >= 0.3 is 0 Å². The third kappa shape index (κ3) is 4.87. The molecule has 0 aromatic rings. The Labute approximate surface area is 72.3 Å². The summed E-state index contributed by atoms with van der Waals surface area (Å²) in [5.41, 5.74) is 0. The molecule has 12 heavy (non-hydrogen) atoms. The summed E-state index contributed by atoms with van der Waals surface area (Å²) in [5, 5.41) is 0. The van der Waals surface area contributed by atoms with Crippen molar-refractivity contribution in [2.75, 3.05) is 25.2 Å². The Bertz CT molecular complexity index is 262. The van der Waals surface area contributed by atoms with Crippen LogP contribution in [0.15, 0.2) is 0 Å². The molecule has 0 fully saturated rings. The molecule has 0 heterocycles. The largest absolute Gasteiger partial charge is 0.332 e. The monoisotopic (exact) mass is 216 g/mol. The molecule has 1 atom stereocenters. The lowest BCUT2D eigenvalue weighted by Gasteiger charge is -2.12. The fourth-order valence-corrected chi connectivity index (χ4v) is 3.43. The minimum absolute atomic E-state index is 0.126. The Balaban J connectivity index is 4.17. The normalized spacial score (nSPS) is 17.2. The van der Waals surface area contributed by atoms with Gasteiger partial charge in [0.15, 0.2) is 0 Å². The van der Waals surface area contributed by atoms with Crippen LogP contribution in [0.5, 0.6) is 0 Å². The van der Waals surface area contributed by atoms with Crippen molar-refractivity contribution in [1.29, 1.82) is 0 Å². The van der Waals surface area contributed by atoms with E-state index in [0.29, 0.717) is 0 Å². The van der Waals surface area contributed by atoms with Crippen molar-refractivity contribution >= 4 is 17.5 Å². The fraction of sp³-hybridized carbons (Fsp3) is 1.00. The van der Waals surface area contributed by atoms with Crippen molar-refractivity contribution in [3.05, 3.63) is 0 Å². The van der Waals surface area contributed by atoms with E-state index in [9.17, 15) is 13.0 Å². The van der Waals surface area contributed by atoms with Crippen LogP contribution in [0.25, 0.3) is 0 Å². The van der Waals surface area contributed by atoms with E-state index in [4.69, 9.17) is 4.55 Å². The van der Waals surface area contributed by atoms with Crippen LogP contribution < -0.4 is 0 Å². The van der Waals surface area contributed by atoms with Crippen LogP contribution in [0, 0.1) is 0 Å². The summed E-state index contributed by atoms with van der Waals surface area (Å²) in [6.07, 6.45) is 0.151. The van der Waals surface area contributed by atoms with Gasteiger partial charge in [-0.3, -0.25) is 9.12 Å². The SMILES string of the molecule is CCP(=O)(CCS(=O)(=O)O)OC. The molecule has 74 valence electrons. The van der Waals surface area contributed by atoms with Gasteiger partial charge in [-0.05, 0) is 0 Å². The Morgan fingerprint density at radius 2 is 2.00 bits per heavy atom. The van der Waals surface area contributed by atoms with Crippen LogP contribution in [0.1, 0.15) is 6.92 Å². The molecule has 0 amide bonds. The average Bonchev–Trinajstić information content (AvgIpc) is 1.99. The molecule has 0 radical (unpaired) electrons. The molecular formula is C5H13O5PS. The van der Waals surface area contributed by atoms with Gasteiger partial charge in [-0.15, -0.1) is 0 Å². The van der Waals surface area contributed by atoms with Crippen molar-refractivity contribution in [2.24, 2.45) is 0 Å². The van der Waals surface area contributed by atoms with Crippen molar-refractivity contribution in [1.82, 2.24) is 0 Å². The van der Waals surface area contributed by atoms with Gasteiger partial charge in [-0.25, -0.2) is 0 Å². The summed E-state index contributed by atoms with van der Waals surface area (Å²) in [6, 6.07) is 0. The van der Waals surface area contributed by atoms with Gasteiger partial charge in [0.25, 0.3) is 10.1 Å². The average molecular weight is 216 g/mol. The van der Waals surface area contributed by atoms with Crippen LogP contribution >= 0.6 is 7.37 Å². The molecule has 0 aromatic heterocycles. The first-order valence-electron chi connectivity index (χ1n) is 3.42. The topological polar surface area (TPSA) is 80.7 Å². The minimum atomic E-state index is -4.03. The van der Waals surface area contributed by atoms with E-state index < -0.39 is 23.2 Å². The zero-order valence-electron chi connectivity index (χ0n) is 7.06. The lowest BCUT2D eigenvalue weighted by atomic mass is 10.9. The highest BCUT2D eigenvalue weighted by molar-refractivity contribution is 7.86. The Kier molecular flexibility index (Phi) is 4.40. The summed E-state index contributed by atoms with van der Waals surface area (Å²) < 4.78 is 45.0. The van der Waals surface area contributed by atoms with Crippen LogP contribution in [0.2, 0.25) is 0 Å². The first kappa shape index (κ1) is 12.1. The first-order chi connectivity index (χ1) is 5.33. The van der Waals surface area contributed by atoms with E-state index in [-0.39, 0.29) is 12.3 Å². The molecule has 0 bridgehead atoms. The highest BCUT2D eigenvalue weighted by atomic mass is 32.2. The van der Waals surface area contributed by atoms with Crippen LogP contribution in [0.3, 0.4) is 0 Å². The lowest BCUT2D eigenvalue weighted by molar-refractivity contribution is 0.394. The van der Waals surface area contributed by atoms with Gasteiger partial charge < -0.3 is 4.52 Å². The van der Waals surface area contributed by atoms with Gasteiger partial charge in [-0.1, -0.05) is 6.92 Å². The maximum absolute atomic E-state index is 11.4. The maximum atomic E-state index is 11.4. The van der Waals surface area contributed by atoms with Crippen molar-refractivity contribution < 1.29 is 22.1 Å². The molecule has 0 saturated heterocycles. The quantitative estimate of drug-likeness (QED) is 0.543. The van der Waals surface area contributed by atoms with Crippen LogP contribution in [-0.2, 0) is 19.2 Å². The molecule has 1 unspecified atom stereocenters. The molecule has 0 spiro atoms. The summed E-state index contributed by atoms with van der Waals surface area (Å²) in [4.78, 5) is 0. The minimum Gasteiger partial charge on any atom is -0.332 e. The zero-order chi connectivity index (χ0) is 9.83. The van der Waals surface area contributed by atoms with Crippen molar-refractivity contribution in [3.8, 4) is 0 Å². The third-order valence-electron chi connectivity index (χ3n) is 1.50. The number of hydrogen-bond donors (Lipinski definition) is 1. The highest BCUT2D eigenvalue weighted by Crippen LogP contribution is 2.44. The molecule has 0 rings (SSSR count). The van der Waals surface area contributed by atoms with Crippen molar-refractivity contribution in [2.45, 2.75) is 6.92 Å². The van der Waals surface area contributed by atoms with Gasteiger partial charge in [0.05, 0.1) is 5.75 Å². The first-order valence-corrected chi connectivity index (χ1v) is 7.02. The summed E-state index contributed by atoms with van der Waals surface area (Å²) in [6.45, 7) is 1.65. The van der Waals surface area contributed by atoms with E-state index >= 15 is 0 Å². The van der Waals surface area contributed by atoms with Gasteiger partial charge in [0.2, 0.25) is 7.37 Å². The highest BCUT2D eigenvalue weighted by Gasteiger charge is 2.21. The lowest BCUT2D eigenvalue weighted by Crippen LogP contribution is -2.10. The van der Waals surface area contributed by atoms with Crippen LogP contribution in [0.4, 0.5) is 0 Å². The van der Waals surface area contributed by atoms with Gasteiger partial charge in [0, 0.05) is 19.4 Å². The predicted octanol–water partition coefficient (Wildman–Crippen LogP) is 0.819. The second-order valence-electron chi connectivity index (χ2n) is 2.32. The molecule has 7 heteroatoms. The second kappa shape index (κ2) is 4.37. The van der Waals surface area contributed by atoms with Crippen LogP contribution in [-0.4, -0.2) is 38.2 Å². The van der Waals surface area contributed by atoms with Gasteiger partial charge in [0.1, 0.15) is 0 Å². The summed E-state index contributed by atoms with van der Waals surface area (Å²) in [5.74, 6) is -0.508. The fourth-order valence-electron chi connectivity index (χ4n) is 0.633. The number of rotatable bonds is 5. The molecule has 0 aliphatic heterocycles. The molecule has 1 N–H and O–H groups in total. The van der Waals surface area contributed by atoms with Crippen molar-refractivity contribution in [3.63, 3.8) is 0 Å². The number of hydrogen-bond acceptors (Lipinski definition) is 4. The maximum Gasteiger partial charge on any atom is 0.265 e. The van der Waals surface area contributed by atoms with E-state index in [2.05, 4.69) is 4.52 Å². The van der Waals surface area contributed by atoms with E-state index in [1.807, 2.05) is 0 Å². The molecule has 5 nitrogen and oxygen atoms in total. The molecule has 0 saturated carbocycles. The molecule has 0 aromatic carbocycles. The summed E-state index contributed by atoms with van der Waals surface area (Å²) >= 11 is 0. The Morgan fingerprint density at radius 3 is 2.25 bits per heavy atom. The third-order valence-corrected chi connectivity index (χ3v) is 5.06. The standard InChI is InChI=1S/C5H13O5PS/c1-3-11(6,10-2)4-5-12(7,8)9/h3-5H2,1-2H3,(H,7,8,9). The van der Waals surface area contributed by atoms with E-state index in [0.717, 1.165) is 0 Å². The second-order valence-corrected chi connectivity index (χ2v) is 6.97. The zero-order valence-corrected chi connectivity index (χ0v) is 8.77. The Hall–Kier alpha value is 0.1000. The smallest absolute Gasteiger partial charge is 0.265 e.